The topological polar surface area (TPSA) is 51.0 Å². The Bertz CT molecular complexity index is 663. The summed E-state index contributed by atoms with van der Waals surface area (Å²) in [4.78, 5) is 8.60. The van der Waals surface area contributed by atoms with Gasteiger partial charge in [0.25, 0.3) is 0 Å². The monoisotopic (exact) mass is 253 g/mol. The molecule has 3 aromatic rings. The molecule has 1 N–H and O–H groups in total. The van der Waals surface area contributed by atoms with Crippen LogP contribution in [0.2, 0.25) is 0 Å². The van der Waals surface area contributed by atoms with E-state index < -0.39 is 0 Å². The van der Waals surface area contributed by atoms with Crippen LogP contribution in [0, 0.1) is 0 Å². The predicted octanol–water partition coefficient (Wildman–Crippen LogP) is 2.57. The number of oxazole rings is 1. The number of hydrogen-bond acceptors (Lipinski definition) is 4. The van der Waals surface area contributed by atoms with Gasteiger partial charge in [0.05, 0.1) is 0 Å². The van der Waals surface area contributed by atoms with Crippen molar-refractivity contribution in [2.75, 3.05) is 13.6 Å². The number of pyridine rings is 1. The number of aromatic nitrogens is 2. The molecular formula is C15H15N3O. The lowest BCUT2D eigenvalue weighted by atomic mass is 9.95. The highest BCUT2D eigenvalue weighted by Crippen LogP contribution is 2.25. The van der Waals surface area contributed by atoms with Gasteiger partial charge in [-0.2, -0.15) is 0 Å². The zero-order valence-corrected chi connectivity index (χ0v) is 10.7. The summed E-state index contributed by atoms with van der Waals surface area (Å²) >= 11 is 0. The van der Waals surface area contributed by atoms with E-state index in [-0.39, 0.29) is 5.92 Å². The van der Waals surface area contributed by atoms with Crippen molar-refractivity contribution in [3.05, 3.63) is 60.2 Å². The van der Waals surface area contributed by atoms with Gasteiger partial charge in [0.15, 0.2) is 12.0 Å². The highest BCUT2D eigenvalue weighted by Gasteiger charge is 2.15. The maximum absolute atomic E-state index is 5.37. The molecule has 1 atom stereocenters. The molecule has 2 aromatic heterocycles. The van der Waals surface area contributed by atoms with Gasteiger partial charge in [0, 0.05) is 24.4 Å². The van der Waals surface area contributed by atoms with E-state index in [2.05, 4.69) is 21.4 Å². The van der Waals surface area contributed by atoms with Gasteiger partial charge in [-0.05, 0) is 36.9 Å². The Balaban J connectivity index is 2.03. The summed E-state index contributed by atoms with van der Waals surface area (Å²) in [7, 11) is 1.95. The van der Waals surface area contributed by atoms with Gasteiger partial charge in [0.2, 0.25) is 0 Å². The second kappa shape index (κ2) is 5.20. The van der Waals surface area contributed by atoms with E-state index in [0.29, 0.717) is 0 Å². The van der Waals surface area contributed by atoms with Crippen LogP contribution < -0.4 is 5.32 Å². The fourth-order valence-electron chi connectivity index (χ4n) is 2.27. The second-order valence-electron chi connectivity index (χ2n) is 4.44. The van der Waals surface area contributed by atoms with Crippen LogP contribution in [-0.2, 0) is 0 Å². The molecule has 0 fully saturated rings. The lowest BCUT2D eigenvalue weighted by Crippen LogP contribution is -2.19. The fourth-order valence-corrected chi connectivity index (χ4v) is 2.27. The van der Waals surface area contributed by atoms with E-state index in [1.807, 2.05) is 43.6 Å². The van der Waals surface area contributed by atoms with Crippen LogP contribution in [0.15, 0.2) is 53.4 Å². The Morgan fingerprint density at radius 1 is 1.21 bits per heavy atom. The number of nitrogens with zero attached hydrogens (tertiary/aromatic N) is 2. The largest absolute Gasteiger partial charge is 0.443 e. The first-order valence-electron chi connectivity index (χ1n) is 6.27. The standard InChI is InChI=1S/C15H15N3O/c1-16-9-12(13-4-2-3-7-17-13)11-5-6-14-15(8-11)19-10-18-14/h2-8,10,12,16H,9H2,1H3. The van der Waals surface area contributed by atoms with Gasteiger partial charge in [-0.15, -0.1) is 0 Å². The number of hydrogen-bond donors (Lipinski definition) is 1. The normalized spacial score (nSPS) is 12.7. The second-order valence-corrected chi connectivity index (χ2v) is 4.44. The minimum absolute atomic E-state index is 0.209. The van der Waals surface area contributed by atoms with Gasteiger partial charge in [-0.1, -0.05) is 12.1 Å². The van der Waals surface area contributed by atoms with E-state index in [1.54, 1.807) is 0 Å². The molecule has 0 bridgehead atoms. The Morgan fingerprint density at radius 2 is 2.16 bits per heavy atom. The molecule has 3 rings (SSSR count). The van der Waals surface area contributed by atoms with E-state index in [1.165, 1.54) is 12.0 Å². The fraction of sp³-hybridized carbons (Fsp3) is 0.200. The quantitative estimate of drug-likeness (QED) is 0.776. The number of fused-ring (bicyclic) bond motifs is 1. The van der Waals surface area contributed by atoms with E-state index >= 15 is 0 Å². The van der Waals surface area contributed by atoms with Crippen molar-refractivity contribution in [2.45, 2.75) is 5.92 Å². The molecule has 0 spiro atoms. The van der Waals surface area contributed by atoms with Crippen molar-refractivity contribution in [1.82, 2.24) is 15.3 Å². The molecule has 4 heteroatoms. The number of rotatable bonds is 4. The molecule has 0 saturated heterocycles. The van der Waals surface area contributed by atoms with E-state index in [9.17, 15) is 0 Å². The molecule has 0 aliphatic rings. The summed E-state index contributed by atoms with van der Waals surface area (Å²) in [6.07, 6.45) is 3.30. The zero-order valence-electron chi connectivity index (χ0n) is 10.7. The molecule has 0 radical (unpaired) electrons. The number of nitrogens with one attached hydrogen (secondary N) is 1. The van der Waals surface area contributed by atoms with Crippen LogP contribution in [0.5, 0.6) is 0 Å². The molecule has 1 aromatic carbocycles. The Labute approximate surface area is 111 Å². The van der Waals surface area contributed by atoms with Gasteiger partial charge in [-0.3, -0.25) is 4.98 Å². The molecule has 2 heterocycles. The molecule has 0 saturated carbocycles. The lowest BCUT2D eigenvalue weighted by molar-refractivity contribution is 0.600. The lowest BCUT2D eigenvalue weighted by Gasteiger charge is -2.16. The van der Waals surface area contributed by atoms with Crippen molar-refractivity contribution in [3.63, 3.8) is 0 Å². The molecule has 0 amide bonds. The maximum Gasteiger partial charge on any atom is 0.181 e. The summed E-state index contributed by atoms with van der Waals surface area (Å²) in [5.74, 6) is 0.209. The third kappa shape index (κ3) is 2.35. The number of likely N-dealkylation sites (N-methyl/N-ethyl adjacent to an activating group) is 1. The van der Waals surface area contributed by atoms with Gasteiger partial charge in [-0.25, -0.2) is 4.98 Å². The van der Waals surface area contributed by atoms with Crippen molar-refractivity contribution < 1.29 is 4.42 Å². The van der Waals surface area contributed by atoms with Gasteiger partial charge in [0.1, 0.15) is 5.52 Å². The highest BCUT2D eigenvalue weighted by molar-refractivity contribution is 5.73. The van der Waals surface area contributed by atoms with Crippen molar-refractivity contribution >= 4 is 11.1 Å². The minimum atomic E-state index is 0.209. The van der Waals surface area contributed by atoms with Crippen LogP contribution >= 0.6 is 0 Å². The maximum atomic E-state index is 5.37. The molecule has 1 unspecified atom stereocenters. The molecule has 96 valence electrons. The van der Waals surface area contributed by atoms with Crippen LogP contribution in [0.4, 0.5) is 0 Å². The van der Waals surface area contributed by atoms with Crippen molar-refractivity contribution in [2.24, 2.45) is 0 Å². The van der Waals surface area contributed by atoms with E-state index in [4.69, 9.17) is 4.42 Å². The Morgan fingerprint density at radius 3 is 2.95 bits per heavy atom. The average molecular weight is 253 g/mol. The molecular weight excluding hydrogens is 238 g/mol. The summed E-state index contributed by atoms with van der Waals surface area (Å²) in [6, 6.07) is 12.1. The van der Waals surface area contributed by atoms with Gasteiger partial charge < -0.3 is 9.73 Å². The summed E-state index contributed by atoms with van der Waals surface area (Å²) in [6.45, 7) is 0.830. The third-order valence-corrected chi connectivity index (χ3v) is 3.21. The zero-order chi connectivity index (χ0) is 13.1. The molecule has 19 heavy (non-hydrogen) atoms. The molecule has 0 aliphatic heterocycles. The Kier molecular flexibility index (Phi) is 3.25. The number of benzene rings is 1. The minimum Gasteiger partial charge on any atom is -0.443 e. The van der Waals surface area contributed by atoms with Gasteiger partial charge >= 0.3 is 0 Å². The van der Waals surface area contributed by atoms with Crippen LogP contribution in [0.1, 0.15) is 17.2 Å². The first-order chi connectivity index (χ1) is 9.38. The molecule has 4 nitrogen and oxygen atoms in total. The smallest absolute Gasteiger partial charge is 0.181 e. The van der Waals surface area contributed by atoms with Crippen LogP contribution in [-0.4, -0.2) is 23.6 Å². The van der Waals surface area contributed by atoms with E-state index in [0.717, 1.165) is 23.3 Å². The summed E-state index contributed by atoms with van der Waals surface area (Å²) < 4.78 is 5.37. The summed E-state index contributed by atoms with van der Waals surface area (Å²) in [5.41, 5.74) is 3.93. The first kappa shape index (κ1) is 11.9. The predicted molar refractivity (Wildman–Crippen MR) is 74.0 cm³/mol. The summed E-state index contributed by atoms with van der Waals surface area (Å²) in [5, 5.41) is 3.22. The SMILES string of the molecule is CNCC(c1ccc2ncoc2c1)c1ccccn1. The van der Waals surface area contributed by atoms with Crippen molar-refractivity contribution in [3.8, 4) is 0 Å². The Hall–Kier alpha value is -2.20. The van der Waals surface area contributed by atoms with Crippen LogP contribution in [0.3, 0.4) is 0 Å². The first-order valence-corrected chi connectivity index (χ1v) is 6.27. The molecule has 0 aliphatic carbocycles. The highest BCUT2D eigenvalue weighted by atomic mass is 16.3. The van der Waals surface area contributed by atoms with Crippen molar-refractivity contribution in [1.29, 1.82) is 0 Å². The van der Waals surface area contributed by atoms with Crippen LogP contribution in [0.25, 0.3) is 11.1 Å². The third-order valence-electron chi connectivity index (χ3n) is 3.21. The average Bonchev–Trinajstić information content (AvgIpc) is 2.93.